The summed E-state index contributed by atoms with van der Waals surface area (Å²) in [6, 6.07) is 12.4. The molecule has 1 amide bonds. The van der Waals surface area contributed by atoms with E-state index < -0.39 is 0 Å². The van der Waals surface area contributed by atoms with Gasteiger partial charge in [0, 0.05) is 5.39 Å². The number of hydrogen-bond acceptors (Lipinski definition) is 3. The molecule has 0 aliphatic carbocycles. The Bertz CT molecular complexity index is 793. The van der Waals surface area contributed by atoms with E-state index in [1.807, 2.05) is 31.2 Å². The van der Waals surface area contributed by atoms with Crippen molar-refractivity contribution in [2.24, 2.45) is 0 Å². The first-order valence-electron chi connectivity index (χ1n) is 6.19. The standard InChI is InChI=1S/C15H13N3O2/c1-9-6-7-11(13(19)8-9)15(20)16-14-10-4-2-3-5-12(10)17-18-14/h2-8,19H,1H3,(H2,16,17,18,20). The van der Waals surface area contributed by atoms with Crippen LogP contribution in [-0.2, 0) is 0 Å². The number of fused-ring (bicyclic) bond motifs is 1. The molecule has 20 heavy (non-hydrogen) atoms. The molecule has 5 nitrogen and oxygen atoms in total. The molecule has 0 aliphatic rings. The molecule has 0 bridgehead atoms. The van der Waals surface area contributed by atoms with E-state index in [1.165, 1.54) is 0 Å². The zero-order valence-corrected chi connectivity index (χ0v) is 10.8. The van der Waals surface area contributed by atoms with Crippen LogP contribution in [-0.4, -0.2) is 21.2 Å². The molecule has 0 radical (unpaired) electrons. The number of nitrogens with zero attached hydrogens (tertiary/aromatic N) is 1. The lowest BCUT2D eigenvalue weighted by molar-refractivity contribution is 0.102. The van der Waals surface area contributed by atoms with Crippen molar-refractivity contribution < 1.29 is 9.90 Å². The molecular weight excluding hydrogens is 254 g/mol. The number of carbonyl (C=O) groups is 1. The van der Waals surface area contributed by atoms with E-state index in [0.717, 1.165) is 16.5 Å². The average Bonchev–Trinajstić information content (AvgIpc) is 2.82. The van der Waals surface area contributed by atoms with Crippen molar-refractivity contribution in [3.8, 4) is 5.75 Å². The monoisotopic (exact) mass is 267 g/mol. The van der Waals surface area contributed by atoms with Crippen molar-refractivity contribution in [1.82, 2.24) is 10.2 Å². The van der Waals surface area contributed by atoms with Crippen LogP contribution in [0.25, 0.3) is 10.9 Å². The van der Waals surface area contributed by atoms with Gasteiger partial charge in [-0.25, -0.2) is 0 Å². The summed E-state index contributed by atoms with van der Waals surface area (Å²) in [6.07, 6.45) is 0. The maximum atomic E-state index is 12.2. The molecule has 5 heteroatoms. The van der Waals surface area contributed by atoms with Crippen LogP contribution in [0.4, 0.5) is 5.82 Å². The van der Waals surface area contributed by atoms with Crippen LogP contribution in [0.2, 0.25) is 0 Å². The van der Waals surface area contributed by atoms with Gasteiger partial charge in [-0.3, -0.25) is 9.89 Å². The minimum Gasteiger partial charge on any atom is -0.507 e. The van der Waals surface area contributed by atoms with Crippen LogP contribution in [0, 0.1) is 6.92 Å². The van der Waals surface area contributed by atoms with Gasteiger partial charge in [-0.1, -0.05) is 18.2 Å². The minimum absolute atomic E-state index is 0.0395. The molecule has 0 spiro atoms. The molecule has 3 aromatic rings. The predicted octanol–water partition coefficient (Wildman–Crippen LogP) is 2.83. The van der Waals surface area contributed by atoms with Gasteiger partial charge in [0.15, 0.2) is 5.82 Å². The number of aromatic amines is 1. The first-order valence-corrected chi connectivity index (χ1v) is 6.19. The molecule has 0 aliphatic heterocycles. The van der Waals surface area contributed by atoms with Gasteiger partial charge in [0.05, 0.1) is 11.1 Å². The number of aromatic nitrogens is 2. The van der Waals surface area contributed by atoms with Crippen LogP contribution >= 0.6 is 0 Å². The number of carbonyl (C=O) groups excluding carboxylic acids is 1. The van der Waals surface area contributed by atoms with Crippen molar-refractivity contribution in [3.63, 3.8) is 0 Å². The van der Waals surface area contributed by atoms with Gasteiger partial charge in [0.2, 0.25) is 0 Å². The summed E-state index contributed by atoms with van der Waals surface area (Å²) in [5, 5.41) is 20.3. The summed E-state index contributed by atoms with van der Waals surface area (Å²) < 4.78 is 0. The Morgan fingerprint density at radius 1 is 1.25 bits per heavy atom. The lowest BCUT2D eigenvalue weighted by Gasteiger charge is -2.05. The van der Waals surface area contributed by atoms with Crippen molar-refractivity contribution in [3.05, 3.63) is 53.6 Å². The van der Waals surface area contributed by atoms with E-state index in [-0.39, 0.29) is 17.2 Å². The van der Waals surface area contributed by atoms with Crippen LogP contribution in [0.1, 0.15) is 15.9 Å². The van der Waals surface area contributed by atoms with Crippen LogP contribution < -0.4 is 5.32 Å². The number of aryl methyl sites for hydroxylation is 1. The highest BCUT2D eigenvalue weighted by Gasteiger charge is 2.14. The second-order valence-electron chi connectivity index (χ2n) is 4.59. The molecule has 0 fully saturated rings. The molecule has 0 atom stereocenters. The smallest absolute Gasteiger partial charge is 0.260 e. The van der Waals surface area contributed by atoms with E-state index in [1.54, 1.807) is 18.2 Å². The van der Waals surface area contributed by atoms with Crippen molar-refractivity contribution in [2.45, 2.75) is 6.92 Å². The zero-order valence-electron chi connectivity index (χ0n) is 10.8. The number of para-hydroxylation sites is 1. The number of benzene rings is 2. The number of hydrogen-bond donors (Lipinski definition) is 3. The molecule has 0 saturated heterocycles. The van der Waals surface area contributed by atoms with E-state index in [4.69, 9.17) is 0 Å². The number of nitrogens with one attached hydrogen (secondary N) is 2. The fraction of sp³-hybridized carbons (Fsp3) is 0.0667. The molecule has 3 N–H and O–H groups in total. The second kappa shape index (κ2) is 4.70. The van der Waals surface area contributed by atoms with Crippen molar-refractivity contribution >= 4 is 22.6 Å². The summed E-state index contributed by atoms with van der Waals surface area (Å²) in [7, 11) is 0. The van der Waals surface area contributed by atoms with Gasteiger partial charge in [-0.2, -0.15) is 5.10 Å². The lowest BCUT2D eigenvalue weighted by atomic mass is 10.1. The summed E-state index contributed by atoms with van der Waals surface area (Å²) in [5.41, 5.74) is 1.96. The maximum Gasteiger partial charge on any atom is 0.260 e. The van der Waals surface area contributed by atoms with Gasteiger partial charge in [0.25, 0.3) is 5.91 Å². The highest BCUT2D eigenvalue weighted by atomic mass is 16.3. The van der Waals surface area contributed by atoms with E-state index in [2.05, 4.69) is 15.5 Å². The second-order valence-corrected chi connectivity index (χ2v) is 4.59. The highest BCUT2D eigenvalue weighted by Crippen LogP contribution is 2.23. The number of H-pyrrole nitrogens is 1. The van der Waals surface area contributed by atoms with E-state index in [9.17, 15) is 9.90 Å². The molecule has 0 unspecified atom stereocenters. The SMILES string of the molecule is Cc1ccc(C(=O)Nc2n[nH]c3ccccc23)c(O)c1. The molecule has 1 aromatic heterocycles. The first kappa shape index (κ1) is 12.2. The molecule has 2 aromatic carbocycles. The summed E-state index contributed by atoms with van der Waals surface area (Å²) >= 11 is 0. The van der Waals surface area contributed by atoms with Crippen molar-refractivity contribution in [1.29, 1.82) is 0 Å². The largest absolute Gasteiger partial charge is 0.507 e. The topological polar surface area (TPSA) is 78.0 Å². The van der Waals surface area contributed by atoms with Gasteiger partial charge in [-0.15, -0.1) is 0 Å². The molecular formula is C15H13N3O2. The summed E-state index contributed by atoms with van der Waals surface area (Å²) in [6.45, 7) is 1.85. The molecule has 3 rings (SSSR count). The van der Waals surface area contributed by atoms with Gasteiger partial charge >= 0.3 is 0 Å². The lowest BCUT2D eigenvalue weighted by Crippen LogP contribution is -2.12. The summed E-state index contributed by atoms with van der Waals surface area (Å²) in [5.74, 6) is 0.0210. The van der Waals surface area contributed by atoms with Crippen LogP contribution in [0.3, 0.4) is 0 Å². The number of amides is 1. The third-order valence-electron chi connectivity index (χ3n) is 3.10. The Hall–Kier alpha value is -2.82. The maximum absolute atomic E-state index is 12.2. The minimum atomic E-state index is -0.389. The van der Waals surface area contributed by atoms with E-state index >= 15 is 0 Å². The van der Waals surface area contributed by atoms with Gasteiger partial charge in [-0.05, 0) is 36.8 Å². The Morgan fingerprint density at radius 3 is 2.85 bits per heavy atom. The number of phenols is 1. The van der Waals surface area contributed by atoms with Gasteiger partial charge < -0.3 is 10.4 Å². The number of phenolic OH excluding ortho intramolecular Hbond substituents is 1. The zero-order chi connectivity index (χ0) is 14.1. The molecule has 1 heterocycles. The Morgan fingerprint density at radius 2 is 2.05 bits per heavy atom. The van der Waals surface area contributed by atoms with Gasteiger partial charge in [0.1, 0.15) is 5.75 Å². The van der Waals surface area contributed by atoms with E-state index in [0.29, 0.717) is 5.82 Å². The highest BCUT2D eigenvalue weighted by molar-refractivity contribution is 6.09. The van der Waals surface area contributed by atoms with Crippen LogP contribution in [0.5, 0.6) is 5.75 Å². The first-order chi connectivity index (χ1) is 9.65. The third kappa shape index (κ3) is 2.09. The summed E-state index contributed by atoms with van der Waals surface area (Å²) in [4.78, 5) is 12.2. The fourth-order valence-electron chi connectivity index (χ4n) is 2.07. The Labute approximate surface area is 115 Å². The average molecular weight is 267 g/mol. The molecule has 0 saturated carbocycles. The normalized spacial score (nSPS) is 10.7. The van der Waals surface area contributed by atoms with Crippen LogP contribution in [0.15, 0.2) is 42.5 Å². The Balaban J connectivity index is 1.92. The predicted molar refractivity (Wildman–Crippen MR) is 76.9 cm³/mol. The number of rotatable bonds is 2. The van der Waals surface area contributed by atoms with Crippen molar-refractivity contribution in [2.75, 3.05) is 5.32 Å². The number of anilines is 1. The number of aromatic hydroxyl groups is 1. The third-order valence-corrected chi connectivity index (χ3v) is 3.10. The Kier molecular flexibility index (Phi) is 2.87. The fourth-order valence-corrected chi connectivity index (χ4v) is 2.07. The quantitative estimate of drug-likeness (QED) is 0.668. The molecule has 100 valence electrons.